The van der Waals surface area contributed by atoms with Gasteiger partial charge in [-0.05, 0) is 78.8 Å². The van der Waals surface area contributed by atoms with Gasteiger partial charge in [-0.15, -0.1) is 0 Å². The molecule has 0 heterocycles. The Morgan fingerprint density at radius 1 is 1.12 bits per heavy atom. The number of carbonyl (C=O) groups excluding carboxylic acids is 1. The second-order valence-electron chi connectivity index (χ2n) is 11.2. The topological polar surface area (TPSA) is 61.4 Å². The number of rotatable bonds is 8. The lowest BCUT2D eigenvalue weighted by atomic mass is 9.76. The van der Waals surface area contributed by atoms with Gasteiger partial charge in [-0.3, -0.25) is 4.79 Å². The van der Waals surface area contributed by atoms with Crippen LogP contribution in [0.5, 0.6) is 0 Å². The van der Waals surface area contributed by atoms with Crippen molar-refractivity contribution in [3.63, 3.8) is 0 Å². The van der Waals surface area contributed by atoms with Crippen molar-refractivity contribution in [1.82, 2.24) is 10.6 Å². The van der Waals surface area contributed by atoms with Crippen LogP contribution in [0.4, 0.5) is 8.78 Å². The predicted molar refractivity (Wildman–Crippen MR) is 132 cm³/mol. The Morgan fingerprint density at radius 2 is 1.79 bits per heavy atom. The monoisotopic (exact) mass is 472 g/mol. The molecule has 0 radical (unpaired) electrons. The number of hydrogen-bond acceptors (Lipinski definition) is 3. The molecule has 0 fully saturated rings. The number of amides is 1. The van der Waals surface area contributed by atoms with Crippen LogP contribution in [0, 0.1) is 17.0 Å². The number of halogens is 2. The third-order valence-electron chi connectivity index (χ3n) is 6.56. The highest BCUT2D eigenvalue weighted by Gasteiger charge is 2.33. The lowest BCUT2D eigenvalue weighted by Crippen LogP contribution is -2.52. The van der Waals surface area contributed by atoms with Crippen LogP contribution in [-0.2, 0) is 29.6 Å². The molecule has 1 amide bonds. The van der Waals surface area contributed by atoms with E-state index in [-0.39, 0.29) is 29.8 Å². The number of nitrogens with one attached hydrogen (secondary N) is 2. The average Bonchev–Trinajstić information content (AvgIpc) is 2.70. The van der Waals surface area contributed by atoms with E-state index < -0.39 is 23.8 Å². The summed E-state index contributed by atoms with van der Waals surface area (Å²) in [6.07, 6.45) is 3.18. The largest absolute Gasteiger partial charge is 0.390 e. The molecule has 0 bridgehead atoms. The molecule has 2 aromatic rings. The Morgan fingerprint density at radius 3 is 2.41 bits per heavy atom. The molecule has 0 saturated heterocycles. The number of benzene rings is 2. The van der Waals surface area contributed by atoms with Crippen LogP contribution in [-0.4, -0.2) is 29.7 Å². The summed E-state index contributed by atoms with van der Waals surface area (Å²) < 4.78 is 27.3. The molecule has 0 aliphatic heterocycles. The van der Waals surface area contributed by atoms with E-state index >= 15 is 0 Å². The maximum Gasteiger partial charge on any atom is 0.217 e. The normalized spacial score (nSPS) is 19.9. The maximum absolute atomic E-state index is 13.7. The Hall–Kier alpha value is -2.31. The van der Waals surface area contributed by atoms with Gasteiger partial charge in [0.15, 0.2) is 0 Å². The number of carbonyl (C=O) groups is 1. The van der Waals surface area contributed by atoms with Gasteiger partial charge >= 0.3 is 0 Å². The molecule has 1 unspecified atom stereocenters. The minimum atomic E-state index is -0.935. The summed E-state index contributed by atoms with van der Waals surface area (Å²) in [6, 6.07) is 9.33. The van der Waals surface area contributed by atoms with E-state index in [2.05, 4.69) is 56.5 Å². The summed E-state index contributed by atoms with van der Waals surface area (Å²) in [5.41, 5.74) is 4.14. The van der Waals surface area contributed by atoms with Gasteiger partial charge in [0, 0.05) is 25.1 Å². The minimum Gasteiger partial charge on any atom is -0.390 e. The van der Waals surface area contributed by atoms with Gasteiger partial charge in [0.25, 0.3) is 0 Å². The molecule has 186 valence electrons. The van der Waals surface area contributed by atoms with E-state index in [0.29, 0.717) is 5.56 Å². The van der Waals surface area contributed by atoms with Crippen LogP contribution >= 0.6 is 0 Å². The fourth-order valence-corrected chi connectivity index (χ4v) is 5.03. The first-order valence-corrected chi connectivity index (χ1v) is 12.1. The van der Waals surface area contributed by atoms with Crippen molar-refractivity contribution in [3.8, 4) is 0 Å². The van der Waals surface area contributed by atoms with Gasteiger partial charge in [-0.2, -0.15) is 0 Å². The van der Waals surface area contributed by atoms with Gasteiger partial charge in [-0.1, -0.05) is 39.0 Å². The van der Waals surface area contributed by atoms with E-state index in [0.717, 1.165) is 31.7 Å². The van der Waals surface area contributed by atoms with E-state index in [1.165, 1.54) is 35.7 Å². The molecule has 0 aromatic heterocycles. The van der Waals surface area contributed by atoms with Gasteiger partial charge < -0.3 is 15.7 Å². The highest BCUT2D eigenvalue weighted by molar-refractivity contribution is 5.73. The van der Waals surface area contributed by atoms with Crippen molar-refractivity contribution < 1.29 is 18.7 Å². The molecule has 4 nitrogen and oxygen atoms in total. The molecular formula is C28H38F2N2O2. The summed E-state index contributed by atoms with van der Waals surface area (Å²) in [5, 5.41) is 17.3. The highest BCUT2D eigenvalue weighted by atomic mass is 19.1. The number of fused-ring (bicyclic) bond motifs is 1. The van der Waals surface area contributed by atoms with E-state index in [1.54, 1.807) is 0 Å². The van der Waals surface area contributed by atoms with Crippen LogP contribution in [0.3, 0.4) is 0 Å². The van der Waals surface area contributed by atoms with Gasteiger partial charge in [-0.25, -0.2) is 8.78 Å². The smallest absolute Gasteiger partial charge is 0.217 e. The number of hydrogen-bond donors (Lipinski definition) is 3. The van der Waals surface area contributed by atoms with Crippen molar-refractivity contribution in [2.75, 3.05) is 6.54 Å². The van der Waals surface area contributed by atoms with E-state index in [4.69, 9.17) is 0 Å². The molecule has 2 aromatic carbocycles. The zero-order valence-electron chi connectivity index (χ0n) is 21.0. The molecular weight excluding hydrogens is 434 g/mol. The first kappa shape index (κ1) is 26.3. The third-order valence-corrected chi connectivity index (χ3v) is 6.56. The molecule has 0 spiro atoms. The van der Waals surface area contributed by atoms with Gasteiger partial charge in [0.1, 0.15) is 11.6 Å². The fourth-order valence-electron chi connectivity index (χ4n) is 5.03. The van der Waals surface area contributed by atoms with Crippen LogP contribution in [0.25, 0.3) is 0 Å². The number of aryl methyl sites for hydroxylation is 1. The van der Waals surface area contributed by atoms with Crippen molar-refractivity contribution in [2.24, 2.45) is 5.41 Å². The standard InChI is InChI=1S/C28H38F2N2O2/c1-18(33)32-25(14-20-11-22(29)15-23(30)12-20)26(34)17-31-28(5)10-6-7-21-9-8-19(13-24(21)28)16-27(2,3)4/h8-9,11-13,15,25-26,31,34H,6-7,10,14,16-17H2,1-5H3,(H,32,33)/t25?,26-,28+/m1/s1. The molecule has 3 atom stereocenters. The van der Waals surface area contributed by atoms with E-state index in [9.17, 15) is 18.7 Å². The molecule has 1 aliphatic rings. The Kier molecular flexibility index (Phi) is 8.14. The molecule has 3 N–H and O–H groups in total. The van der Waals surface area contributed by atoms with Gasteiger partial charge in [0.2, 0.25) is 5.91 Å². The average molecular weight is 473 g/mol. The predicted octanol–water partition coefficient (Wildman–Crippen LogP) is 4.80. The second kappa shape index (κ2) is 10.5. The lowest BCUT2D eigenvalue weighted by Gasteiger charge is -2.39. The summed E-state index contributed by atoms with van der Waals surface area (Å²) in [7, 11) is 0. The number of aliphatic hydroxyl groups excluding tert-OH is 1. The first-order valence-electron chi connectivity index (χ1n) is 12.1. The van der Waals surface area contributed by atoms with Crippen LogP contribution in [0.2, 0.25) is 0 Å². The summed E-state index contributed by atoms with van der Waals surface area (Å²) in [6.45, 7) is 10.5. The van der Waals surface area contributed by atoms with E-state index in [1.807, 2.05) is 0 Å². The lowest BCUT2D eigenvalue weighted by molar-refractivity contribution is -0.120. The van der Waals surface area contributed by atoms with Crippen LogP contribution in [0.1, 0.15) is 69.7 Å². The third kappa shape index (κ3) is 7.09. The highest BCUT2D eigenvalue weighted by Crippen LogP contribution is 2.36. The maximum atomic E-state index is 13.7. The Balaban J connectivity index is 1.76. The van der Waals surface area contributed by atoms with Crippen molar-refractivity contribution in [2.45, 2.75) is 84.4 Å². The summed E-state index contributed by atoms with van der Waals surface area (Å²) >= 11 is 0. The number of aliphatic hydroxyl groups is 1. The van der Waals surface area contributed by atoms with Crippen molar-refractivity contribution >= 4 is 5.91 Å². The van der Waals surface area contributed by atoms with Crippen molar-refractivity contribution in [3.05, 3.63) is 70.3 Å². The zero-order valence-corrected chi connectivity index (χ0v) is 21.0. The van der Waals surface area contributed by atoms with Crippen molar-refractivity contribution in [1.29, 1.82) is 0 Å². The van der Waals surface area contributed by atoms with Crippen LogP contribution < -0.4 is 10.6 Å². The van der Waals surface area contributed by atoms with Gasteiger partial charge in [0.05, 0.1) is 12.1 Å². The fraction of sp³-hybridized carbons (Fsp3) is 0.536. The Labute approximate surface area is 202 Å². The summed E-state index contributed by atoms with van der Waals surface area (Å²) in [5.74, 6) is -1.66. The zero-order chi connectivity index (χ0) is 25.1. The molecule has 3 rings (SSSR count). The molecule has 6 heteroatoms. The quantitative estimate of drug-likeness (QED) is 0.517. The Bertz CT molecular complexity index is 998. The SMILES string of the molecule is CC(=O)NC(Cc1cc(F)cc(F)c1)[C@H](O)CN[C@@]1(C)CCCc2ccc(CC(C)(C)C)cc21. The minimum absolute atomic E-state index is 0.125. The molecule has 1 aliphatic carbocycles. The molecule has 34 heavy (non-hydrogen) atoms. The summed E-state index contributed by atoms with van der Waals surface area (Å²) in [4.78, 5) is 11.8. The molecule has 0 saturated carbocycles. The first-order chi connectivity index (χ1) is 15.8. The second-order valence-corrected chi connectivity index (χ2v) is 11.2. The van der Waals surface area contributed by atoms with Crippen LogP contribution in [0.15, 0.2) is 36.4 Å².